The maximum Gasteiger partial charge on any atom is 0.271 e. The van der Waals surface area contributed by atoms with Gasteiger partial charge in [-0.3, -0.25) is 14.9 Å². The Morgan fingerprint density at radius 1 is 1.19 bits per heavy atom. The highest BCUT2D eigenvalue weighted by molar-refractivity contribution is 7.89. The van der Waals surface area contributed by atoms with Crippen molar-refractivity contribution in [1.82, 2.24) is 4.31 Å². The monoisotopic (exact) mass is 467 g/mol. The lowest BCUT2D eigenvalue weighted by Crippen LogP contribution is -2.35. The Morgan fingerprint density at radius 2 is 1.90 bits per heavy atom. The van der Waals surface area contributed by atoms with Gasteiger partial charge in [-0.05, 0) is 43.5 Å². The summed E-state index contributed by atoms with van der Waals surface area (Å²) in [6.45, 7) is 2.27. The Kier molecular flexibility index (Phi) is 7.14. The average Bonchev–Trinajstić information content (AvgIpc) is 2.74. The van der Waals surface area contributed by atoms with Gasteiger partial charge in [0.2, 0.25) is 10.0 Å². The molecule has 0 aromatic heterocycles. The highest BCUT2D eigenvalue weighted by Gasteiger charge is 2.26. The van der Waals surface area contributed by atoms with Crippen molar-refractivity contribution in [3.63, 3.8) is 0 Å². The van der Waals surface area contributed by atoms with E-state index < -0.39 is 27.5 Å². The first-order valence-corrected chi connectivity index (χ1v) is 11.5. The number of nitrogens with one attached hydrogen (secondary N) is 1. The van der Waals surface area contributed by atoms with Crippen LogP contribution >= 0.6 is 11.6 Å². The van der Waals surface area contributed by atoms with Gasteiger partial charge in [0.25, 0.3) is 11.6 Å². The van der Waals surface area contributed by atoms with E-state index in [1.807, 2.05) is 0 Å². The summed E-state index contributed by atoms with van der Waals surface area (Å²) in [6.07, 6.45) is 2.66. The van der Waals surface area contributed by atoms with Crippen LogP contribution in [0.15, 0.2) is 41.3 Å². The Labute approximate surface area is 185 Å². The van der Waals surface area contributed by atoms with Crippen LogP contribution < -0.4 is 10.1 Å². The summed E-state index contributed by atoms with van der Waals surface area (Å²) >= 11 is 6.18. The molecule has 9 nitrogen and oxygen atoms in total. The molecule has 2 aromatic rings. The first kappa shape index (κ1) is 23.0. The number of hydrogen-bond donors (Lipinski definition) is 1. The number of amides is 1. The predicted octanol–water partition coefficient (Wildman–Crippen LogP) is 3.75. The molecule has 0 unspecified atom stereocenters. The summed E-state index contributed by atoms with van der Waals surface area (Å²) in [5.41, 5.74) is 0.816. The van der Waals surface area contributed by atoms with E-state index in [2.05, 4.69) is 5.32 Å². The number of halogens is 1. The van der Waals surface area contributed by atoms with E-state index >= 15 is 0 Å². The van der Waals surface area contributed by atoms with Crippen LogP contribution in [-0.2, 0) is 14.8 Å². The van der Waals surface area contributed by atoms with Crippen LogP contribution in [0, 0.1) is 17.0 Å². The number of benzene rings is 2. The predicted molar refractivity (Wildman–Crippen MR) is 116 cm³/mol. The molecule has 0 atom stereocenters. The van der Waals surface area contributed by atoms with Crippen LogP contribution in [0.4, 0.5) is 11.4 Å². The van der Waals surface area contributed by atoms with Crippen LogP contribution in [0.5, 0.6) is 5.75 Å². The smallest absolute Gasteiger partial charge is 0.271 e. The van der Waals surface area contributed by atoms with Crippen molar-refractivity contribution in [3.05, 3.63) is 57.1 Å². The second-order valence-electron chi connectivity index (χ2n) is 7.15. The molecule has 0 saturated carbocycles. The van der Waals surface area contributed by atoms with Crippen molar-refractivity contribution in [2.24, 2.45) is 0 Å². The Balaban J connectivity index is 1.65. The van der Waals surface area contributed by atoms with Crippen LogP contribution in [0.3, 0.4) is 0 Å². The van der Waals surface area contributed by atoms with Gasteiger partial charge < -0.3 is 10.1 Å². The SMILES string of the molecule is Cc1ccc([N+](=O)[O-])cc1NC(=O)COc1ccc(S(=O)(=O)N2CCCCC2)cc1Cl. The van der Waals surface area contributed by atoms with Crippen molar-refractivity contribution in [1.29, 1.82) is 0 Å². The zero-order chi connectivity index (χ0) is 22.6. The number of carbonyl (C=O) groups is 1. The molecule has 1 heterocycles. The molecule has 1 amide bonds. The number of nitrogens with zero attached hydrogens (tertiary/aromatic N) is 2. The number of nitro benzene ring substituents is 1. The van der Waals surface area contributed by atoms with Gasteiger partial charge in [0, 0.05) is 25.2 Å². The lowest BCUT2D eigenvalue weighted by Gasteiger charge is -2.26. The molecule has 3 rings (SSSR count). The van der Waals surface area contributed by atoms with Gasteiger partial charge in [-0.15, -0.1) is 0 Å². The van der Waals surface area contributed by atoms with E-state index in [-0.39, 0.29) is 21.4 Å². The van der Waals surface area contributed by atoms with Crippen molar-refractivity contribution in [2.45, 2.75) is 31.1 Å². The molecule has 0 radical (unpaired) electrons. The van der Waals surface area contributed by atoms with Gasteiger partial charge in [-0.2, -0.15) is 4.31 Å². The minimum atomic E-state index is -3.63. The molecule has 0 bridgehead atoms. The van der Waals surface area contributed by atoms with Crippen molar-refractivity contribution in [3.8, 4) is 5.75 Å². The van der Waals surface area contributed by atoms with Gasteiger partial charge in [0.15, 0.2) is 6.61 Å². The molecule has 0 spiro atoms. The normalized spacial score (nSPS) is 14.8. The number of piperidine rings is 1. The summed E-state index contributed by atoms with van der Waals surface area (Å²) < 4.78 is 32.3. The molecule has 2 aromatic carbocycles. The molecule has 1 saturated heterocycles. The third-order valence-electron chi connectivity index (χ3n) is 4.92. The molecule has 1 aliphatic rings. The van der Waals surface area contributed by atoms with Crippen LogP contribution in [-0.4, -0.2) is 43.2 Å². The molecule has 1 N–H and O–H groups in total. The van der Waals surface area contributed by atoms with E-state index in [0.29, 0.717) is 24.3 Å². The van der Waals surface area contributed by atoms with E-state index in [0.717, 1.165) is 19.3 Å². The zero-order valence-corrected chi connectivity index (χ0v) is 18.4. The first-order chi connectivity index (χ1) is 14.7. The molecule has 1 fully saturated rings. The fourth-order valence-electron chi connectivity index (χ4n) is 3.20. The number of anilines is 1. The van der Waals surface area contributed by atoms with Gasteiger partial charge in [-0.25, -0.2) is 8.42 Å². The third kappa shape index (κ3) is 5.52. The standard InChI is InChI=1S/C20H22ClN3O6S/c1-14-5-6-15(24(26)27)11-18(14)22-20(25)13-30-19-8-7-16(12-17(19)21)31(28,29)23-9-3-2-4-10-23/h5-8,11-12H,2-4,9-10,13H2,1H3,(H,22,25). The zero-order valence-electron chi connectivity index (χ0n) is 16.8. The number of ether oxygens (including phenoxy) is 1. The molecule has 166 valence electrons. The number of non-ortho nitro benzene ring substituents is 1. The lowest BCUT2D eigenvalue weighted by molar-refractivity contribution is -0.384. The van der Waals surface area contributed by atoms with Crippen molar-refractivity contribution in [2.75, 3.05) is 25.0 Å². The topological polar surface area (TPSA) is 119 Å². The number of aryl methyl sites for hydroxylation is 1. The first-order valence-electron chi connectivity index (χ1n) is 9.66. The third-order valence-corrected chi connectivity index (χ3v) is 7.11. The summed E-state index contributed by atoms with van der Waals surface area (Å²) in [5.74, 6) is -0.380. The molecule has 0 aliphatic carbocycles. The quantitative estimate of drug-likeness (QED) is 0.489. The average molecular weight is 468 g/mol. The van der Waals surface area contributed by atoms with E-state index in [4.69, 9.17) is 16.3 Å². The largest absolute Gasteiger partial charge is 0.482 e. The molecular formula is C20H22ClN3O6S. The molecule has 1 aliphatic heterocycles. The second-order valence-corrected chi connectivity index (χ2v) is 9.50. The number of rotatable bonds is 7. The summed E-state index contributed by atoms with van der Waals surface area (Å²) in [4.78, 5) is 22.6. The van der Waals surface area contributed by atoms with Crippen molar-refractivity contribution < 1.29 is 22.9 Å². The molecule has 31 heavy (non-hydrogen) atoms. The molecule has 11 heteroatoms. The summed E-state index contributed by atoms with van der Waals surface area (Å²) in [7, 11) is -3.63. The number of nitro groups is 1. The fourth-order valence-corrected chi connectivity index (χ4v) is 5.04. The number of sulfonamides is 1. The van der Waals surface area contributed by atoms with Gasteiger partial charge >= 0.3 is 0 Å². The molecular weight excluding hydrogens is 446 g/mol. The van der Waals surface area contributed by atoms with Crippen LogP contribution in [0.2, 0.25) is 5.02 Å². The second kappa shape index (κ2) is 9.63. The van der Waals surface area contributed by atoms with Crippen LogP contribution in [0.1, 0.15) is 24.8 Å². The number of carbonyl (C=O) groups excluding carboxylic acids is 1. The van der Waals surface area contributed by atoms with Gasteiger partial charge in [0.05, 0.1) is 20.5 Å². The highest BCUT2D eigenvalue weighted by Crippen LogP contribution is 2.30. The Hall–Kier alpha value is -2.69. The maximum atomic E-state index is 12.7. The lowest BCUT2D eigenvalue weighted by atomic mass is 10.2. The van der Waals surface area contributed by atoms with Crippen molar-refractivity contribution >= 4 is 38.9 Å². The van der Waals surface area contributed by atoms with E-state index in [1.165, 1.54) is 40.7 Å². The minimum absolute atomic E-state index is 0.0670. The summed E-state index contributed by atoms with van der Waals surface area (Å²) in [5, 5.41) is 13.5. The van der Waals surface area contributed by atoms with Gasteiger partial charge in [-0.1, -0.05) is 24.1 Å². The summed E-state index contributed by atoms with van der Waals surface area (Å²) in [6, 6.07) is 8.26. The Morgan fingerprint density at radius 3 is 2.55 bits per heavy atom. The van der Waals surface area contributed by atoms with Gasteiger partial charge in [0.1, 0.15) is 5.75 Å². The minimum Gasteiger partial charge on any atom is -0.482 e. The van der Waals surface area contributed by atoms with E-state index in [9.17, 15) is 23.3 Å². The Bertz CT molecular complexity index is 1100. The highest BCUT2D eigenvalue weighted by atomic mass is 35.5. The van der Waals surface area contributed by atoms with E-state index in [1.54, 1.807) is 6.92 Å². The maximum absolute atomic E-state index is 12.7. The fraction of sp³-hybridized carbons (Fsp3) is 0.350. The van der Waals surface area contributed by atoms with Crippen LogP contribution in [0.25, 0.3) is 0 Å². The number of hydrogen-bond acceptors (Lipinski definition) is 6.